The maximum absolute atomic E-state index is 12.1. The molecule has 2 aromatic rings. The Morgan fingerprint density at radius 1 is 1.10 bits per heavy atom. The number of rotatable bonds is 4. The average molecular weight is 304 g/mol. The molecule has 2 rings (SSSR count). The van der Waals surface area contributed by atoms with E-state index in [-0.39, 0.29) is 17.9 Å². The fraction of sp³-hybridized carbons (Fsp3) is 0.333. The van der Waals surface area contributed by atoms with Crippen LogP contribution in [0.1, 0.15) is 5.56 Å². The van der Waals surface area contributed by atoms with Crippen molar-refractivity contribution in [3.05, 3.63) is 62.9 Å². The zero-order chi connectivity index (χ0) is 15.6. The molecule has 0 unspecified atom stereocenters. The van der Waals surface area contributed by atoms with Crippen LogP contribution in [0.2, 0.25) is 13.1 Å². The average Bonchev–Trinajstić information content (AvgIpc) is 2.48. The zero-order valence-corrected chi connectivity index (χ0v) is 13.8. The van der Waals surface area contributed by atoms with Crippen molar-refractivity contribution in [3.63, 3.8) is 0 Å². The molecule has 21 heavy (non-hydrogen) atoms. The quantitative estimate of drug-likeness (QED) is 0.782. The van der Waals surface area contributed by atoms with Gasteiger partial charge in [0.2, 0.25) is 8.32 Å². The number of hydrogen-bond acceptors (Lipinski definition) is 3. The van der Waals surface area contributed by atoms with Crippen molar-refractivity contribution in [1.82, 2.24) is 9.13 Å². The fourth-order valence-electron chi connectivity index (χ4n) is 2.16. The Morgan fingerprint density at radius 3 is 2.33 bits per heavy atom. The SMILES string of the molecule is Cn1cc(CO[Si](C)(C)c2ccccc2)c(=O)n(C)c1=O. The van der Waals surface area contributed by atoms with Crippen LogP contribution in [-0.4, -0.2) is 17.5 Å². The van der Waals surface area contributed by atoms with Gasteiger partial charge in [0.05, 0.1) is 12.2 Å². The molecule has 112 valence electrons. The Morgan fingerprint density at radius 2 is 1.71 bits per heavy atom. The summed E-state index contributed by atoms with van der Waals surface area (Å²) in [5, 5.41) is 1.17. The van der Waals surface area contributed by atoms with E-state index in [0.29, 0.717) is 5.56 Å². The Hall–Kier alpha value is -1.92. The minimum atomic E-state index is -2.07. The van der Waals surface area contributed by atoms with Gasteiger partial charge in [-0.3, -0.25) is 9.36 Å². The van der Waals surface area contributed by atoms with Crippen LogP contribution in [0.5, 0.6) is 0 Å². The summed E-state index contributed by atoms with van der Waals surface area (Å²) in [5.41, 5.74) is -0.129. The van der Waals surface area contributed by atoms with Gasteiger partial charge in [0.15, 0.2) is 0 Å². The maximum atomic E-state index is 12.1. The lowest BCUT2D eigenvalue weighted by atomic mass is 10.3. The predicted octanol–water partition coefficient (Wildman–Crippen LogP) is 0.713. The molecule has 0 fully saturated rings. The molecule has 0 saturated heterocycles. The Labute approximate surface area is 124 Å². The van der Waals surface area contributed by atoms with Crippen molar-refractivity contribution in [2.75, 3.05) is 0 Å². The lowest BCUT2D eigenvalue weighted by Gasteiger charge is -2.23. The Balaban J connectivity index is 2.25. The first kappa shape index (κ1) is 15.5. The topological polar surface area (TPSA) is 53.2 Å². The highest BCUT2D eigenvalue weighted by Gasteiger charge is 2.25. The lowest BCUT2D eigenvalue weighted by molar-refractivity contribution is 0.299. The van der Waals surface area contributed by atoms with Crippen LogP contribution in [0.4, 0.5) is 0 Å². The molecule has 0 atom stereocenters. The van der Waals surface area contributed by atoms with E-state index in [9.17, 15) is 9.59 Å². The monoisotopic (exact) mass is 304 g/mol. The normalized spacial score (nSPS) is 11.6. The molecular formula is C15H20N2O3Si. The highest BCUT2D eigenvalue weighted by atomic mass is 28.4. The molecule has 0 radical (unpaired) electrons. The summed E-state index contributed by atoms with van der Waals surface area (Å²) >= 11 is 0. The minimum absolute atomic E-state index is 0.217. The smallest absolute Gasteiger partial charge is 0.330 e. The van der Waals surface area contributed by atoms with Gasteiger partial charge >= 0.3 is 5.69 Å². The number of aryl methyl sites for hydroxylation is 1. The predicted molar refractivity (Wildman–Crippen MR) is 85.3 cm³/mol. The van der Waals surface area contributed by atoms with Gasteiger partial charge in [-0.2, -0.15) is 0 Å². The second-order valence-electron chi connectivity index (χ2n) is 5.58. The minimum Gasteiger partial charge on any atom is -0.408 e. The maximum Gasteiger partial charge on any atom is 0.330 e. The van der Waals surface area contributed by atoms with Gasteiger partial charge < -0.3 is 8.99 Å². The van der Waals surface area contributed by atoms with Gasteiger partial charge in [-0.15, -0.1) is 0 Å². The molecule has 0 amide bonds. The molecule has 0 saturated carbocycles. The summed E-state index contributed by atoms with van der Waals surface area (Å²) in [6.07, 6.45) is 1.56. The van der Waals surface area contributed by atoms with Crippen molar-refractivity contribution in [3.8, 4) is 0 Å². The summed E-state index contributed by atoms with van der Waals surface area (Å²) < 4.78 is 8.55. The highest BCUT2D eigenvalue weighted by Crippen LogP contribution is 2.08. The number of hydrogen-bond donors (Lipinski definition) is 0. The lowest BCUT2D eigenvalue weighted by Crippen LogP contribution is -2.45. The van der Waals surface area contributed by atoms with Crippen LogP contribution in [0.15, 0.2) is 46.1 Å². The molecule has 0 bridgehead atoms. The summed E-state index contributed by atoms with van der Waals surface area (Å²) in [7, 11) is 1.04. The van der Waals surface area contributed by atoms with Gasteiger partial charge in [0, 0.05) is 20.3 Å². The molecule has 5 nitrogen and oxygen atoms in total. The van der Waals surface area contributed by atoms with Crippen molar-refractivity contribution < 1.29 is 4.43 Å². The number of aromatic nitrogens is 2. The molecule has 6 heteroatoms. The number of benzene rings is 1. The Bertz CT molecular complexity index is 748. The summed E-state index contributed by atoms with van der Waals surface area (Å²) in [4.78, 5) is 23.7. The van der Waals surface area contributed by atoms with Crippen molar-refractivity contribution >= 4 is 13.5 Å². The molecule has 0 spiro atoms. The molecule has 0 aliphatic rings. The summed E-state index contributed by atoms with van der Waals surface area (Å²) in [6.45, 7) is 4.40. The zero-order valence-electron chi connectivity index (χ0n) is 12.8. The van der Waals surface area contributed by atoms with E-state index >= 15 is 0 Å². The van der Waals surface area contributed by atoms with Crippen LogP contribution >= 0.6 is 0 Å². The van der Waals surface area contributed by atoms with Crippen LogP contribution in [0.25, 0.3) is 0 Å². The molecule has 0 N–H and O–H groups in total. The van der Waals surface area contributed by atoms with E-state index < -0.39 is 8.32 Å². The second kappa shape index (κ2) is 5.83. The molecule has 0 aliphatic carbocycles. The first-order valence-corrected chi connectivity index (χ1v) is 9.69. The van der Waals surface area contributed by atoms with Crippen LogP contribution in [-0.2, 0) is 25.1 Å². The molecule has 1 heterocycles. The van der Waals surface area contributed by atoms with Crippen LogP contribution in [0, 0.1) is 0 Å². The second-order valence-corrected chi connectivity index (χ2v) is 9.46. The van der Waals surface area contributed by atoms with Gasteiger partial charge in [-0.1, -0.05) is 30.3 Å². The third kappa shape index (κ3) is 3.22. The van der Waals surface area contributed by atoms with Gasteiger partial charge in [0.1, 0.15) is 0 Å². The van der Waals surface area contributed by atoms with Crippen LogP contribution in [0.3, 0.4) is 0 Å². The highest BCUT2D eigenvalue weighted by molar-refractivity contribution is 6.84. The van der Waals surface area contributed by atoms with Crippen molar-refractivity contribution in [2.24, 2.45) is 14.1 Å². The van der Waals surface area contributed by atoms with Crippen molar-refractivity contribution in [2.45, 2.75) is 19.7 Å². The van der Waals surface area contributed by atoms with E-state index in [1.54, 1.807) is 13.2 Å². The molecule has 1 aromatic heterocycles. The van der Waals surface area contributed by atoms with E-state index in [0.717, 1.165) is 4.57 Å². The Kier molecular flexibility index (Phi) is 4.29. The van der Waals surface area contributed by atoms with Gasteiger partial charge in [-0.05, 0) is 18.3 Å². The van der Waals surface area contributed by atoms with Crippen LogP contribution < -0.4 is 16.4 Å². The summed E-state index contributed by atoms with van der Waals surface area (Å²) in [6, 6.07) is 10.0. The van der Waals surface area contributed by atoms with E-state index in [4.69, 9.17) is 4.43 Å². The first-order valence-electron chi connectivity index (χ1n) is 6.78. The molecular weight excluding hydrogens is 284 g/mol. The third-order valence-electron chi connectivity index (χ3n) is 3.57. The first-order chi connectivity index (χ1) is 9.83. The van der Waals surface area contributed by atoms with E-state index in [1.807, 2.05) is 30.3 Å². The third-order valence-corrected chi connectivity index (χ3v) is 6.16. The number of nitrogens with zero attached hydrogens (tertiary/aromatic N) is 2. The van der Waals surface area contributed by atoms with Gasteiger partial charge in [-0.25, -0.2) is 4.79 Å². The molecule has 0 aliphatic heterocycles. The molecule has 1 aromatic carbocycles. The summed E-state index contributed by atoms with van der Waals surface area (Å²) in [5.74, 6) is 0. The largest absolute Gasteiger partial charge is 0.408 e. The van der Waals surface area contributed by atoms with E-state index in [1.165, 1.54) is 16.8 Å². The van der Waals surface area contributed by atoms with Gasteiger partial charge in [0.25, 0.3) is 5.56 Å². The van der Waals surface area contributed by atoms with E-state index in [2.05, 4.69) is 13.1 Å². The van der Waals surface area contributed by atoms with Crippen molar-refractivity contribution in [1.29, 1.82) is 0 Å². The standard InChI is InChI=1S/C15H20N2O3Si/c1-16-10-12(14(18)17(2)15(16)19)11-20-21(3,4)13-8-6-5-7-9-13/h5-10H,11H2,1-4H3. The fourth-order valence-corrected chi connectivity index (χ4v) is 3.84.